The lowest BCUT2D eigenvalue weighted by Gasteiger charge is -2.13. The van der Waals surface area contributed by atoms with Crippen LogP contribution in [0.15, 0.2) is 17.2 Å². The van der Waals surface area contributed by atoms with E-state index in [-0.39, 0.29) is 17.2 Å². The van der Waals surface area contributed by atoms with Crippen molar-refractivity contribution in [1.82, 2.24) is 9.29 Å². The van der Waals surface area contributed by atoms with Gasteiger partial charge >= 0.3 is 5.97 Å². The third-order valence-electron chi connectivity index (χ3n) is 2.78. The molecule has 108 valence electrons. The Bertz CT molecular complexity index is 545. The Morgan fingerprint density at radius 1 is 1.47 bits per heavy atom. The first-order valence-corrected chi connectivity index (χ1v) is 7.40. The average Bonchev–Trinajstić information content (AvgIpc) is 2.81. The summed E-state index contributed by atoms with van der Waals surface area (Å²) in [6.45, 7) is 3.51. The number of carboxylic acids is 1. The molecule has 0 aromatic carbocycles. The van der Waals surface area contributed by atoms with Crippen molar-refractivity contribution >= 4 is 16.0 Å². The van der Waals surface area contributed by atoms with Gasteiger partial charge in [0.2, 0.25) is 10.0 Å². The molecule has 8 heteroatoms. The second kappa shape index (κ2) is 6.18. The predicted molar refractivity (Wildman–Crippen MR) is 68.6 cm³/mol. The Hall–Kier alpha value is -1.38. The molecule has 1 aromatic rings. The van der Waals surface area contributed by atoms with Crippen LogP contribution >= 0.6 is 0 Å². The van der Waals surface area contributed by atoms with Crippen LogP contribution in [0.1, 0.15) is 30.8 Å². The van der Waals surface area contributed by atoms with Crippen molar-refractivity contribution in [2.24, 2.45) is 0 Å². The molecule has 0 aliphatic heterocycles. The molecule has 0 saturated carbocycles. The Balaban J connectivity index is 3.12. The summed E-state index contributed by atoms with van der Waals surface area (Å²) in [7, 11) is -3.82. The van der Waals surface area contributed by atoms with Crippen molar-refractivity contribution in [1.29, 1.82) is 0 Å². The van der Waals surface area contributed by atoms with E-state index in [1.807, 2.05) is 0 Å². The number of rotatable bonds is 7. The molecule has 0 saturated heterocycles. The molecule has 1 rings (SSSR count). The summed E-state index contributed by atoms with van der Waals surface area (Å²) < 4.78 is 27.7. The highest BCUT2D eigenvalue weighted by molar-refractivity contribution is 7.89. The number of aliphatic hydroxyl groups is 1. The van der Waals surface area contributed by atoms with E-state index < -0.39 is 22.0 Å². The summed E-state index contributed by atoms with van der Waals surface area (Å²) in [5.74, 6) is -1.18. The molecule has 1 unspecified atom stereocenters. The molecule has 19 heavy (non-hydrogen) atoms. The predicted octanol–water partition coefficient (Wildman–Crippen LogP) is 0.255. The summed E-state index contributed by atoms with van der Waals surface area (Å²) in [6.07, 6.45) is 1.71. The molecule has 1 heterocycles. The third kappa shape index (κ3) is 3.55. The van der Waals surface area contributed by atoms with Crippen LogP contribution in [0, 0.1) is 0 Å². The number of hydrogen-bond acceptors (Lipinski definition) is 4. The van der Waals surface area contributed by atoms with E-state index in [1.54, 1.807) is 13.8 Å². The lowest BCUT2D eigenvalue weighted by Crippen LogP contribution is -2.36. The van der Waals surface area contributed by atoms with Crippen LogP contribution in [-0.4, -0.2) is 41.8 Å². The molecule has 1 aromatic heterocycles. The van der Waals surface area contributed by atoms with Crippen LogP contribution in [0.3, 0.4) is 0 Å². The van der Waals surface area contributed by atoms with E-state index in [2.05, 4.69) is 4.72 Å². The molecule has 0 aliphatic rings. The highest BCUT2D eigenvalue weighted by atomic mass is 32.2. The number of aliphatic hydroxyl groups excluding tert-OH is 1. The molecular formula is C11H18N2O5S. The number of carboxylic acid groups (broad SMARTS) is 1. The summed E-state index contributed by atoms with van der Waals surface area (Å²) in [5.41, 5.74) is -0.0834. The van der Waals surface area contributed by atoms with Gasteiger partial charge in [-0.2, -0.15) is 0 Å². The molecule has 0 bridgehead atoms. The van der Waals surface area contributed by atoms with Crippen molar-refractivity contribution in [3.8, 4) is 0 Å². The fourth-order valence-electron chi connectivity index (χ4n) is 1.61. The molecular weight excluding hydrogens is 272 g/mol. The zero-order valence-corrected chi connectivity index (χ0v) is 11.6. The van der Waals surface area contributed by atoms with Crippen LogP contribution in [0.4, 0.5) is 0 Å². The molecule has 7 nitrogen and oxygen atoms in total. The molecule has 0 fully saturated rings. The summed E-state index contributed by atoms with van der Waals surface area (Å²) in [5, 5.41) is 18.0. The van der Waals surface area contributed by atoms with Crippen molar-refractivity contribution in [3.05, 3.63) is 18.0 Å². The van der Waals surface area contributed by atoms with E-state index in [0.717, 1.165) is 6.07 Å². The highest BCUT2D eigenvalue weighted by Gasteiger charge is 2.23. The normalized spacial score (nSPS) is 13.4. The first kappa shape index (κ1) is 15.7. The number of carbonyl (C=O) groups is 1. The van der Waals surface area contributed by atoms with Crippen molar-refractivity contribution in [3.63, 3.8) is 0 Å². The quantitative estimate of drug-likeness (QED) is 0.667. The average molecular weight is 290 g/mol. The minimum Gasteiger partial charge on any atom is -0.477 e. The zero-order chi connectivity index (χ0) is 14.6. The van der Waals surface area contributed by atoms with Crippen LogP contribution in [-0.2, 0) is 16.6 Å². The standard InChI is InChI=1S/C11H18N2O5S/c1-3-8(7-14)12-19(17,18)9-5-10(11(15)16)13(4-2)6-9/h5-6,8,12,14H,3-4,7H2,1-2H3,(H,15,16). The third-order valence-corrected chi connectivity index (χ3v) is 4.26. The number of nitrogens with zero attached hydrogens (tertiary/aromatic N) is 1. The smallest absolute Gasteiger partial charge is 0.352 e. The van der Waals surface area contributed by atoms with Gasteiger partial charge in [-0.1, -0.05) is 6.92 Å². The Morgan fingerprint density at radius 2 is 2.11 bits per heavy atom. The number of nitrogens with one attached hydrogen (secondary N) is 1. The molecule has 0 amide bonds. The minimum absolute atomic E-state index is 0.0834. The van der Waals surface area contributed by atoms with Crippen LogP contribution < -0.4 is 4.72 Å². The second-order valence-corrected chi connectivity index (χ2v) is 5.78. The first-order valence-electron chi connectivity index (χ1n) is 5.92. The molecule has 0 spiro atoms. The van der Waals surface area contributed by atoms with Gasteiger partial charge in [-0.25, -0.2) is 17.9 Å². The van der Waals surface area contributed by atoms with Gasteiger partial charge in [0.05, 0.1) is 6.61 Å². The lowest BCUT2D eigenvalue weighted by atomic mass is 10.3. The second-order valence-electron chi connectivity index (χ2n) is 4.06. The van der Waals surface area contributed by atoms with E-state index >= 15 is 0 Å². The molecule has 0 radical (unpaired) electrons. The van der Waals surface area contributed by atoms with Crippen LogP contribution in [0.25, 0.3) is 0 Å². The van der Waals surface area contributed by atoms with Gasteiger partial charge in [-0.3, -0.25) is 0 Å². The monoisotopic (exact) mass is 290 g/mol. The van der Waals surface area contributed by atoms with Gasteiger partial charge in [0.1, 0.15) is 10.6 Å². The van der Waals surface area contributed by atoms with Gasteiger partial charge in [0.25, 0.3) is 0 Å². The van der Waals surface area contributed by atoms with Crippen molar-refractivity contribution in [2.75, 3.05) is 6.61 Å². The SMILES string of the molecule is CCC(CO)NS(=O)(=O)c1cc(C(=O)O)n(CC)c1. The molecule has 3 N–H and O–H groups in total. The van der Waals surface area contributed by atoms with Crippen molar-refractivity contribution in [2.45, 2.75) is 37.8 Å². The lowest BCUT2D eigenvalue weighted by molar-refractivity contribution is 0.0685. The fraction of sp³-hybridized carbons (Fsp3) is 0.545. The van der Waals surface area contributed by atoms with Crippen LogP contribution in [0.2, 0.25) is 0 Å². The van der Waals surface area contributed by atoms with E-state index in [9.17, 15) is 13.2 Å². The highest BCUT2D eigenvalue weighted by Crippen LogP contribution is 2.15. The minimum atomic E-state index is -3.82. The fourth-order valence-corrected chi connectivity index (χ4v) is 2.96. The summed E-state index contributed by atoms with van der Waals surface area (Å²) in [6, 6.07) is 0.529. The molecule has 0 aliphatic carbocycles. The number of aromatic nitrogens is 1. The summed E-state index contributed by atoms with van der Waals surface area (Å²) >= 11 is 0. The maximum absolute atomic E-state index is 12.0. The first-order chi connectivity index (χ1) is 8.85. The number of aryl methyl sites for hydroxylation is 1. The molecule has 1 atom stereocenters. The van der Waals surface area contributed by atoms with Gasteiger partial charge in [-0.05, 0) is 19.4 Å². The van der Waals surface area contributed by atoms with Gasteiger partial charge in [0.15, 0.2) is 0 Å². The van der Waals surface area contributed by atoms with Gasteiger partial charge in [0, 0.05) is 18.8 Å². The van der Waals surface area contributed by atoms with Gasteiger partial charge < -0.3 is 14.8 Å². The number of aromatic carboxylic acids is 1. The van der Waals surface area contributed by atoms with Crippen LogP contribution in [0.5, 0.6) is 0 Å². The number of hydrogen-bond donors (Lipinski definition) is 3. The van der Waals surface area contributed by atoms with Gasteiger partial charge in [-0.15, -0.1) is 0 Å². The van der Waals surface area contributed by atoms with E-state index in [1.165, 1.54) is 10.8 Å². The topological polar surface area (TPSA) is 109 Å². The largest absolute Gasteiger partial charge is 0.477 e. The Morgan fingerprint density at radius 3 is 2.47 bits per heavy atom. The Kier molecular flexibility index (Phi) is 5.10. The van der Waals surface area contributed by atoms with E-state index in [4.69, 9.17) is 10.2 Å². The zero-order valence-electron chi connectivity index (χ0n) is 10.8. The summed E-state index contributed by atoms with van der Waals surface area (Å²) in [4.78, 5) is 10.9. The van der Waals surface area contributed by atoms with Crippen molar-refractivity contribution < 1.29 is 23.4 Å². The van der Waals surface area contributed by atoms with E-state index in [0.29, 0.717) is 13.0 Å². The Labute approximate surface area is 111 Å². The maximum Gasteiger partial charge on any atom is 0.352 e. The maximum atomic E-state index is 12.0. The number of sulfonamides is 1.